The Balaban J connectivity index is 2.09. The standard InChI is InChI=1S/C14H21N3O/c1-10(15)11-4-6-13(7-5-11)17-8-2-3-12(9-17)14(16)18/h4-7,10,12H,2-3,8-9,15H2,1H3,(H2,16,18). The van der Waals surface area contributed by atoms with Gasteiger partial charge in [-0.05, 0) is 37.5 Å². The molecule has 4 nitrogen and oxygen atoms in total. The second-order valence-corrected chi connectivity index (χ2v) is 5.07. The highest BCUT2D eigenvalue weighted by Crippen LogP contribution is 2.24. The highest BCUT2D eigenvalue weighted by Gasteiger charge is 2.23. The number of nitrogens with two attached hydrogens (primary N) is 2. The number of rotatable bonds is 3. The smallest absolute Gasteiger partial charge is 0.222 e. The van der Waals surface area contributed by atoms with Crippen molar-refractivity contribution in [1.29, 1.82) is 0 Å². The average molecular weight is 247 g/mol. The Bertz CT molecular complexity index is 414. The van der Waals surface area contributed by atoms with Gasteiger partial charge in [0, 0.05) is 24.8 Å². The first kappa shape index (κ1) is 12.9. The summed E-state index contributed by atoms with van der Waals surface area (Å²) in [6.07, 6.45) is 1.92. The van der Waals surface area contributed by atoms with Crippen molar-refractivity contribution in [2.24, 2.45) is 17.4 Å². The molecule has 0 spiro atoms. The second-order valence-electron chi connectivity index (χ2n) is 5.07. The molecule has 0 bridgehead atoms. The van der Waals surface area contributed by atoms with Crippen LogP contribution in [0.25, 0.3) is 0 Å². The Labute approximate surface area is 108 Å². The SMILES string of the molecule is CC(N)c1ccc(N2CCCC(C(N)=O)C2)cc1. The van der Waals surface area contributed by atoms with Crippen LogP contribution in [-0.4, -0.2) is 19.0 Å². The number of amides is 1. The molecule has 2 atom stereocenters. The summed E-state index contributed by atoms with van der Waals surface area (Å²) in [6.45, 7) is 3.69. The lowest BCUT2D eigenvalue weighted by Crippen LogP contribution is -2.41. The van der Waals surface area contributed by atoms with Crippen LogP contribution in [0.3, 0.4) is 0 Å². The van der Waals surface area contributed by atoms with Crippen molar-refractivity contribution >= 4 is 11.6 Å². The zero-order chi connectivity index (χ0) is 13.1. The first-order valence-electron chi connectivity index (χ1n) is 6.47. The summed E-state index contributed by atoms with van der Waals surface area (Å²) >= 11 is 0. The third-order valence-corrected chi connectivity index (χ3v) is 3.61. The molecule has 2 unspecified atom stereocenters. The van der Waals surface area contributed by atoms with Crippen LogP contribution in [0.2, 0.25) is 0 Å². The van der Waals surface area contributed by atoms with E-state index in [0.29, 0.717) is 0 Å². The summed E-state index contributed by atoms with van der Waals surface area (Å²) in [5.41, 5.74) is 13.5. The van der Waals surface area contributed by atoms with Gasteiger partial charge in [0.25, 0.3) is 0 Å². The van der Waals surface area contributed by atoms with E-state index in [1.165, 1.54) is 0 Å². The molecule has 0 saturated carbocycles. The number of hydrogen-bond acceptors (Lipinski definition) is 3. The van der Waals surface area contributed by atoms with Crippen molar-refractivity contribution in [2.45, 2.75) is 25.8 Å². The van der Waals surface area contributed by atoms with Gasteiger partial charge >= 0.3 is 0 Å². The van der Waals surface area contributed by atoms with Gasteiger partial charge in [0.2, 0.25) is 5.91 Å². The zero-order valence-corrected chi connectivity index (χ0v) is 10.8. The molecule has 1 aromatic carbocycles. The number of anilines is 1. The maximum absolute atomic E-state index is 11.3. The zero-order valence-electron chi connectivity index (χ0n) is 10.8. The average Bonchev–Trinajstić information content (AvgIpc) is 2.39. The normalized spacial score (nSPS) is 21.7. The molecule has 1 heterocycles. The van der Waals surface area contributed by atoms with Crippen molar-refractivity contribution in [3.63, 3.8) is 0 Å². The van der Waals surface area contributed by atoms with Gasteiger partial charge in [-0.15, -0.1) is 0 Å². The first-order valence-corrected chi connectivity index (χ1v) is 6.47. The van der Waals surface area contributed by atoms with E-state index in [2.05, 4.69) is 17.0 Å². The third kappa shape index (κ3) is 2.82. The van der Waals surface area contributed by atoms with Gasteiger partial charge in [-0.2, -0.15) is 0 Å². The predicted molar refractivity (Wildman–Crippen MR) is 73.2 cm³/mol. The summed E-state index contributed by atoms with van der Waals surface area (Å²) in [7, 11) is 0. The monoisotopic (exact) mass is 247 g/mol. The van der Waals surface area contributed by atoms with E-state index in [0.717, 1.165) is 37.2 Å². The minimum Gasteiger partial charge on any atom is -0.371 e. The van der Waals surface area contributed by atoms with E-state index < -0.39 is 0 Å². The number of primary amides is 1. The molecule has 1 fully saturated rings. The van der Waals surface area contributed by atoms with Crippen molar-refractivity contribution < 1.29 is 4.79 Å². The molecule has 1 amide bonds. The number of piperidine rings is 1. The molecule has 98 valence electrons. The fraction of sp³-hybridized carbons (Fsp3) is 0.500. The molecule has 0 aromatic heterocycles. The summed E-state index contributed by atoms with van der Waals surface area (Å²) in [5, 5.41) is 0. The molecule has 1 aliphatic rings. The quantitative estimate of drug-likeness (QED) is 0.848. The van der Waals surface area contributed by atoms with Gasteiger partial charge in [-0.1, -0.05) is 12.1 Å². The van der Waals surface area contributed by atoms with Crippen LogP contribution in [-0.2, 0) is 4.79 Å². The summed E-state index contributed by atoms with van der Waals surface area (Å²) in [4.78, 5) is 13.5. The molecule has 2 rings (SSSR count). The number of carbonyl (C=O) groups excluding carboxylic acids is 1. The number of nitrogens with zero attached hydrogens (tertiary/aromatic N) is 1. The fourth-order valence-electron chi connectivity index (χ4n) is 2.43. The lowest BCUT2D eigenvalue weighted by Gasteiger charge is -2.33. The summed E-state index contributed by atoms with van der Waals surface area (Å²) in [5.74, 6) is -0.209. The number of hydrogen-bond donors (Lipinski definition) is 2. The molecular weight excluding hydrogens is 226 g/mol. The van der Waals surface area contributed by atoms with E-state index in [9.17, 15) is 4.79 Å². The lowest BCUT2D eigenvalue weighted by molar-refractivity contribution is -0.122. The van der Waals surface area contributed by atoms with E-state index in [4.69, 9.17) is 11.5 Å². The molecular formula is C14H21N3O. The van der Waals surface area contributed by atoms with Crippen LogP contribution in [0.4, 0.5) is 5.69 Å². The van der Waals surface area contributed by atoms with Crippen LogP contribution in [0.15, 0.2) is 24.3 Å². The van der Waals surface area contributed by atoms with Crippen LogP contribution in [0.5, 0.6) is 0 Å². The van der Waals surface area contributed by atoms with Crippen molar-refractivity contribution in [3.05, 3.63) is 29.8 Å². The van der Waals surface area contributed by atoms with Gasteiger partial charge in [0.1, 0.15) is 0 Å². The Morgan fingerprint density at radius 3 is 2.61 bits per heavy atom. The van der Waals surface area contributed by atoms with Crippen LogP contribution in [0, 0.1) is 5.92 Å². The van der Waals surface area contributed by atoms with Gasteiger partial charge in [0.15, 0.2) is 0 Å². The van der Waals surface area contributed by atoms with Crippen LogP contribution < -0.4 is 16.4 Å². The van der Waals surface area contributed by atoms with Crippen molar-refractivity contribution in [1.82, 2.24) is 0 Å². The molecule has 0 radical (unpaired) electrons. The minimum atomic E-state index is -0.188. The van der Waals surface area contributed by atoms with Crippen LogP contribution in [0.1, 0.15) is 31.4 Å². The molecule has 4 heteroatoms. The Morgan fingerprint density at radius 2 is 2.06 bits per heavy atom. The second kappa shape index (κ2) is 5.40. The number of benzene rings is 1. The van der Waals surface area contributed by atoms with Gasteiger partial charge in [0.05, 0.1) is 5.92 Å². The lowest BCUT2D eigenvalue weighted by atomic mass is 9.97. The molecule has 18 heavy (non-hydrogen) atoms. The van der Waals surface area contributed by atoms with Crippen molar-refractivity contribution in [2.75, 3.05) is 18.0 Å². The fourth-order valence-corrected chi connectivity index (χ4v) is 2.43. The predicted octanol–water partition coefficient (Wildman–Crippen LogP) is 1.41. The van der Waals surface area contributed by atoms with Gasteiger partial charge in [-0.3, -0.25) is 4.79 Å². The maximum Gasteiger partial charge on any atom is 0.222 e. The Hall–Kier alpha value is -1.55. The van der Waals surface area contributed by atoms with E-state index in [-0.39, 0.29) is 17.9 Å². The first-order chi connectivity index (χ1) is 8.58. The molecule has 1 aromatic rings. The molecule has 0 aliphatic carbocycles. The molecule has 1 aliphatic heterocycles. The topological polar surface area (TPSA) is 72.3 Å². The highest BCUT2D eigenvalue weighted by molar-refractivity contribution is 5.77. The van der Waals surface area contributed by atoms with Gasteiger partial charge < -0.3 is 16.4 Å². The van der Waals surface area contributed by atoms with E-state index >= 15 is 0 Å². The summed E-state index contributed by atoms with van der Waals surface area (Å²) < 4.78 is 0. The van der Waals surface area contributed by atoms with Crippen LogP contribution >= 0.6 is 0 Å². The maximum atomic E-state index is 11.3. The minimum absolute atomic E-state index is 0.0214. The Kier molecular flexibility index (Phi) is 3.87. The molecule has 1 saturated heterocycles. The van der Waals surface area contributed by atoms with E-state index in [1.54, 1.807) is 0 Å². The third-order valence-electron chi connectivity index (χ3n) is 3.61. The van der Waals surface area contributed by atoms with E-state index in [1.807, 2.05) is 19.1 Å². The van der Waals surface area contributed by atoms with Crippen molar-refractivity contribution in [3.8, 4) is 0 Å². The summed E-state index contributed by atoms with van der Waals surface area (Å²) in [6, 6.07) is 8.30. The largest absolute Gasteiger partial charge is 0.371 e. The highest BCUT2D eigenvalue weighted by atomic mass is 16.1. The molecule has 4 N–H and O–H groups in total. The van der Waals surface area contributed by atoms with Gasteiger partial charge in [-0.25, -0.2) is 0 Å². The Morgan fingerprint density at radius 1 is 1.39 bits per heavy atom. The number of carbonyl (C=O) groups is 1.